The number of hydrogen-bond acceptors (Lipinski definition) is 5. The minimum atomic E-state index is -4.78. The van der Waals surface area contributed by atoms with Crippen LogP contribution in [0.4, 0.5) is 24.5 Å². The molecular weight excluding hydrogens is 449 g/mol. The molecule has 0 heterocycles. The lowest BCUT2D eigenvalue weighted by molar-refractivity contribution is -0.136. The predicted octanol–water partition coefficient (Wildman–Crippen LogP) is 4.02. The van der Waals surface area contributed by atoms with Crippen molar-refractivity contribution in [2.75, 3.05) is 37.1 Å². The number of ether oxygens (including phenoxy) is 2. The normalized spacial score (nSPS) is 11.7. The first-order valence-electron chi connectivity index (χ1n) is 8.17. The standard InChI is InChI=1S/C18H18ClF3N2O5S/c1-24(30(4,26)27)14-9-16(29-3)15(28-2)8-11(14)17(25)23-13-6-5-10(19)7-12(13)18(20,21)22/h5-9H,1-4H3,(H,23,25). The van der Waals surface area contributed by atoms with Crippen LogP contribution in [0.15, 0.2) is 30.3 Å². The van der Waals surface area contributed by atoms with Gasteiger partial charge in [-0.3, -0.25) is 9.10 Å². The number of rotatable bonds is 6. The highest BCUT2D eigenvalue weighted by Gasteiger charge is 2.34. The van der Waals surface area contributed by atoms with Crippen molar-refractivity contribution in [3.05, 3.63) is 46.5 Å². The molecule has 0 atom stereocenters. The van der Waals surface area contributed by atoms with Gasteiger partial charge in [-0.05, 0) is 24.3 Å². The zero-order valence-electron chi connectivity index (χ0n) is 16.3. The Kier molecular flexibility index (Phi) is 6.77. The van der Waals surface area contributed by atoms with E-state index in [4.69, 9.17) is 21.1 Å². The number of carbonyl (C=O) groups is 1. The van der Waals surface area contributed by atoms with Crippen LogP contribution in [-0.4, -0.2) is 41.8 Å². The van der Waals surface area contributed by atoms with Crippen LogP contribution in [0.25, 0.3) is 0 Å². The number of halogens is 4. The number of amides is 1. The fraction of sp³-hybridized carbons (Fsp3) is 0.278. The summed E-state index contributed by atoms with van der Waals surface area (Å²) >= 11 is 5.65. The Morgan fingerprint density at radius 3 is 2.17 bits per heavy atom. The first-order valence-corrected chi connectivity index (χ1v) is 10.4. The van der Waals surface area contributed by atoms with E-state index >= 15 is 0 Å². The third-order valence-corrected chi connectivity index (χ3v) is 5.55. The second-order valence-electron chi connectivity index (χ2n) is 6.10. The van der Waals surface area contributed by atoms with Crippen LogP contribution in [0.3, 0.4) is 0 Å². The van der Waals surface area contributed by atoms with Gasteiger partial charge in [-0.15, -0.1) is 0 Å². The molecule has 0 aliphatic carbocycles. The summed E-state index contributed by atoms with van der Waals surface area (Å²) < 4.78 is 75.0. The molecule has 0 spiro atoms. The topological polar surface area (TPSA) is 84.9 Å². The third kappa shape index (κ3) is 5.08. The van der Waals surface area contributed by atoms with Crippen LogP contribution in [0.1, 0.15) is 15.9 Å². The number of alkyl halides is 3. The Bertz CT molecular complexity index is 1070. The zero-order valence-corrected chi connectivity index (χ0v) is 17.9. The fourth-order valence-electron chi connectivity index (χ4n) is 2.54. The summed E-state index contributed by atoms with van der Waals surface area (Å²) in [5, 5.41) is 2.00. The van der Waals surface area contributed by atoms with Gasteiger partial charge in [0, 0.05) is 18.1 Å². The number of carbonyl (C=O) groups excluding carboxylic acids is 1. The highest BCUT2D eigenvalue weighted by Crippen LogP contribution is 2.39. The molecule has 30 heavy (non-hydrogen) atoms. The van der Waals surface area contributed by atoms with Crippen molar-refractivity contribution in [3.63, 3.8) is 0 Å². The van der Waals surface area contributed by atoms with Crippen LogP contribution in [-0.2, 0) is 16.2 Å². The van der Waals surface area contributed by atoms with Crippen LogP contribution in [0.5, 0.6) is 11.5 Å². The quantitative estimate of drug-likeness (QED) is 0.695. The van der Waals surface area contributed by atoms with E-state index in [-0.39, 0.29) is 27.8 Å². The molecule has 7 nitrogen and oxygen atoms in total. The number of nitrogens with zero attached hydrogens (tertiary/aromatic N) is 1. The molecular formula is C18H18ClF3N2O5S. The van der Waals surface area contributed by atoms with Gasteiger partial charge < -0.3 is 14.8 Å². The number of benzene rings is 2. The molecule has 2 aromatic rings. The fourth-order valence-corrected chi connectivity index (χ4v) is 3.22. The van der Waals surface area contributed by atoms with Gasteiger partial charge in [0.05, 0.1) is 43.0 Å². The minimum Gasteiger partial charge on any atom is -0.493 e. The maximum atomic E-state index is 13.3. The van der Waals surface area contributed by atoms with Gasteiger partial charge >= 0.3 is 6.18 Å². The monoisotopic (exact) mass is 466 g/mol. The van der Waals surface area contributed by atoms with Crippen molar-refractivity contribution >= 4 is 38.9 Å². The minimum absolute atomic E-state index is 0.0838. The van der Waals surface area contributed by atoms with Crippen molar-refractivity contribution < 1.29 is 35.9 Å². The maximum Gasteiger partial charge on any atom is 0.418 e. The Morgan fingerprint density at radius 1 is 1.10 bits per heavy atom. The van der Waals surface area contributed by atoms with E-state index in [0.29, 0.717) is 6.07 Å². The molecule has 1 N–H and O–H groups in total. The Morgan fingerprint density at radius 2 is 1.67 bits per heavy atom. The molecule has 0 aromatic heterocycles. The lowest BCUT2D eigenvalue weighted by Crippen LogP contribution is -2.28. The number of hydrogen-bond donors (Lipinski definition) is 1. The summed E-state index contributed by atoms with van der Waals surface area (Å²) in [5.74, 6) is -0.781. The first-order chi connectivity index (χ1) is 13.8. The van der Waals surface area contributed by atoms with Gasteiger partial charge in [0.1, 0.15) is 0 Å². The molecule has 0 bridgehead atoms. The van der Waals surface area contributed by atoms with Crippen molar-refractivity contribution in [3.8, 4) is 11.5 Å². The van der Waals surface area contributed by atoms with E-state index in [9.17, 15) is 26.4 Å². The SMILES string of the molecule is COc1cc(C(=O)Nc2ccc(Cl)cc2C(F)(F)F)c(N(C)S(C)(=O)=O)cc1OC. The summed E-state index contributed by atoms with van der Waals surface area (Å²) in [5.41, 5.74) is -2.06. The number of anilines is 2. The van der Waals surface area contributed by atoms with Gasteiger partial charge in [0.2, 0.25) is 10.0 Å². The number of nitrogens with one attached hydrogen (secondary N) is 1. The largest absolute Gasteiger partial charge is 0.493 e. The summed E-state index contributed by atoms with van der Waals surface area (Å²) in [4.78, 5) is 12.9. The van der Waals surface area contributed by atoms with Gasteiger partial charge in [0.25, 0.3) is 5.91 Å². The Hall–Kier alpha value is -2.66. The van der Waals surface area contributed by atoms with Crippen molar-refractivity contribution in [2.45, 2.75) is 6.18 Å². The van der Waals surface area contributed by atoms with Crippen LogP contribution < -0.4 is 19.1 Å². The molecule has 0 fully saturated rings. The number of methoxy groups -OCH3 is 2. The first kappa shape index (κ1) is 23.6. The molecule has 1 amide bonds. The van der Waals surface area contributed by atoms with Gasteiger partial charge in [0.15, 0.2) is 11.5 Å². The molecule has 2 rings (SSSR count). The average molecular weight is 467 g/mol. The zero-order chi connectivity index (χ0) is 22.9. The Balaban J connectivity index is 2.62. The van der Waals surface area contributed by atoms with E-state index in [1.807, 2.05) is 0 Å². The van der Waals surface area contributed by atoms with Crippen molar-refractivity contribution in [1.29, 1.82) is 0 Å². The van der Waals surface area contributed by atoms with Crippen molar-refractivity contribution in [1.82, 2.24) is 0 Å². The van der Waals surface area contributed by atoms with Gasteiger partial charge in [-0.25, -0.2) is 8.42 Å². The molecule has 164 valence electrons. The molecule has 0 radical (unpaired) electrons. The summed E-state index contributed by atoms with van der Waals surface area (Å²) in [7, 11) is -0.0128. The van der Waals surface area contributed by atoms with Crippen LogP contribution >= 0.6 is 11.6 Å². The lowest BCUT2D eigenvalue weighted by Gasteiger charge is -2.22. The van der Waals surface area contributed by atoms with Gasteiger partial charge in [-0.1, -0.05) is 11.6 Å². The molecule has 0 saturated carbocycles. The summed E-state index contributed by atoms with van der Waals surface area (Å²) in [6.07, 6.45) is -3.87. The smallest absolute Gasteiger partial charge is 0.418 e. The highest BCUT2D eigenvalue weighted by molar-refractivity contribution is 7.92. The number of sulfonamides is 1. The predicted molar refractivity (Wildman–Crippen MR) is 107 cm³/mol. The summed E-state index contributed by atoms with van der Waals surface area (Å²) in [6.45, 7) is 0. The second-order valence-corrected chi connectivity index (χ2v) is 8.55. The molecule has 0 unspecified atom stereocenters. The second kappa shape index (κ2) is 8.60. The van der Waals surface area contributed by atoms with Crippen LogP contribution in [0.2, 0.25) is 5.02 Å². The lowest BCUT2D eigenvalue weighted by atomic mass is 10.1. The highest BCUT2D eigenvalue weighted by atomic mass is 35.5. The molecule has 0 aliphatic rings. The van der Waals surface area contributed by atoms with E-state index in [2.05, 4.69) is 5.32 Å². The van der Waals surface area contributed by atoms with Crippen molar-refractivity contribution in [2.24, 2.45) is 0 Å². The Labute approximate surface area is 176 Å². The molecule has 12 heteroatoms. The summed E-state index contributed by atoms with van der Waals surface area (Å²) in [6, 6.07) is 5.28. The van der Waals surface area contributed by atoms with E-state index in [1.54, 1.807) is 0 Å². The maximum absolute atomic E-state index is 13.3. The van der Waals surface area contributed by atoms with E-state index < -0.39 is 33.4 Å². The van der Waals surface area contributed by atoms with Gasteiger partial charge in [-0.2, -0.15) is 13.2 Å². The van der Waals surface area contributed by atoms with E-state index in [0.717, 1.165) is 16.6 Å². The molecule has 0 saturated heterocycles. The third-order valence-electron chi connectivity index (χ3n) is 4.12. The van der Waals surface area contributed by atoms with Crippen LogP contribution in [0, 0.1) is 0 Å². The molecule has 2 aromatic carbocycles. The van der Waals surface area contributed by atoms with E-state index in [1.165, 1.54) is 39.5 Å². The molecule has 0 aliphatic heterocycles. The average Bonchev–Trinajstić information content (AvgIpc) is 2.65.